The van der Waals surface area contributed by atoms with E-state index in [4.69, 9.17) is 0 Å². The first-order chi connectivity index (χ1) is 4.64. The van der Waals surface area contributed by atoms with E-state index in [0.29, 0.717) is 17.6 Å². The number of ketones is 1. The van der Waals surface area contributed by atoms with Crippen molar-refractivity contribution in [2.24, 2.45) is 17.3 Å². The summed E-state index contributed by atoms with van der Waals surface area (Å²) in [5.74, 6) is 1.37. The molecule has 0 aromatic rings. The molecule has 10 heavy (non-hydrogen) atoms. The first kappa shape index (κ1) is 6.14. The molecule has 0 spiro atoms. The smallest absolute Gasteiger partial charge is 0.143 e. The molecule has 0 saturated heterocycles. The van der Waals surface area contributed by atoms with E-state index < -0.39 is 0 Å². The maximum absolute atomic E-state index is 11.3. The highest BCUT2D eigenvalue weighted by atomic mass is 16.1. The van der Waals surface area contributed by atoms with Crippen LogP contribution < -0.4 is 0 Å². The Bertz CT molecular complexity index is 213. The van der Waals surface area contributed by atoms with Gasteiger partial charge in [0.05, 0.1) is 0 Å². The van der Waals surface area contributed by atoms with Gasteiger partial charge in [0.2, 0.25) is 0 Å². The molecule has 2 aliphatic rings. The van der Waals surface area contributed by atoms with Crippen LogP contribution in [0.4, 0.5) is 0 Å². The van der Waals surface area contributed by atoms with E-state index in [0.717, 1.165) is 6.42 Å². The minimum absolute atomic E-state index is 0.0440. The van der Waals surface area contributed by atoms with Crippen molar-refractivity contribution in [3.05, 3.63) is 12.2 Å². The van der Waals surface area contributed by atoms with E-state index in [9.17, 15) is 4.79 Å². The van der Waals surface area contributed by atoms with Crippen molar-refractivity contribution in [2.45, 2.75) is 20.3 Å². The minimum atomic E-state index is -0.0440. The maximum atomic E-state index is 11.3. The quantitative estimate of drug-likeness (QED) is 0.464. The van der Waals surface area contributed by atoms with Crippen LogP contribution in [0.15, 0.2) is 12.2 Å². The summed E-state index contributed by atoms with van der Waals surface area (Å²) in [5.41, 5.74) is -0.0440. The molecule has 2 unspecified atom stereocenters. The molecule has 2 atom stereocenters. The molecule has 2 aliphatic carbocycles. The lowest BCUT2D eigenvalue weighted by atomic mass is 9.56. The second kappa shape index (κ2) is 1.52. The molecule has 1 heteroatoms. The van der Waals surface area contributed by atoms with Gasteiger partial charge in [-0.25, -0.2) is 0 Å². The average Bonchev–Trinajstić information content (AvgIpc) is 2.31. The third-order valence-electron chi connectivity index (χ3n) is 2.97. The standard InChI is InChI=1S/C9H12O/c1-9(2)7-5-3-4-6(7)8(9)10/h3,5-7H,4H2,1-2H3. The number of hydrogen-bond acceptors (Lipinski definition) is 1. The zero-order chi connectivity index (χ0) is 7.35. The Balaban J connectivity index is 2.29. The topological polar surface area (TPSA) is 17.1 Å². The van der Waals surface area contributed by atoms with Gasteiger partial charge in [0, 0.05) is 11.3 Å². The molecule has 2 rings (SSSR count). The molecule has 0 N–H and O–H groups in total. The van der Waals surface area contributed by atoms with E-state index in [1.165, 1.54) is 0 Å². The lowest BCUT2D eigenvalue weighted by Gasteiger charge is -2.45. The molecule has 0 bridgehead atoms. The van der Waals surface area contributed by atoms with E-state index >= 15 is 0 Å². The predicted octanol–water partition coefficient (Wildman–Crippen LogP) is 1.79. The van der Waals surface area contributed by atoms with Crippen LogP contribution in [0.1, 0.15) is 20.3 Å². The molecule has 0 heterocycles. The van der Waals surface area contributed by atoms with Crippen LogP contribution in [0, 0.1) is 17.3 Å². The van der Waals surface area contributed by atoms with Gasteiger partial charge in [0.1, 0.15) is 5.78 Å². The largest absolute Gasteiger partial charge is 0.299 e. The molecule has 1 nitrogen and oxygen atoms in total. The van der Waals surface area contributed by atoms with Gasteiger partial charge in [-0.3, -0.25) is 4.79 Å². The number of Topliss-reactive ketones (excluding diaryl/α,β-unsaturated/α-hetero) is 1. The monoisotopic (exact) mass is 136 g/mol. The Labute approximate surface area is 61.1 Å². The fourth-order valence-electron chi connectivity index (χ4n) is 2.21. The molecule has 0 radical (unpaired) electrons. The summed E-state index contributed by atoms with van der Waals surface area (Å²) in [6, 6.07) is 0. The molecule has 1 saturated carbocycles. The predicted molar refractivity (Wildman–Crippen MR) is 39.5 cm³/mol. The highest BCUT2D eigenvalue weighted by Gasteiger charge is 2.55. The van der Waals surface area contributed by atoms with Gasteiger partial charge >= 0.3 is 0 Å². The number of fused-ring (bicyclic) bond motifs is 1. The first-order valence-electron chi connectivity index (χ1n) is 3.85. The summed E-state index contributed by atoms with van der Waals surface area (Å²) < 4.78 is 0. The summed E-state index contributed by atoms with van der Waals surface area (Å²) in [7, 11) is 0. The van der Waals surface area contributed by atoms with Crippen LogP contribution in [-0.4, -0.2) is 5.78 Å². The minimum Gasteiger partial charge on any atom is -0.299 e. The van der Waals surface area contributed by atoms with E-state index in [1.807, 2.05) is 13.8 Å². The molecule has 54 valence electrons. The van der Waals surface area contributed by atoms with Gasteiger partial charge < -0.3 is 0 Å². The van der Waals surface area contributed by atoms with Crippen molar-refractivity contribution in [1.82, 2.24) is 0 Å². The van der Waals surface area contributed by atoms with Crippen LogP contribution in [-0.2, 0) is 4.79 Å². The lowest BCUT2D eigenvalue weighted by molar-refractivity contribution is -0.148. The van der Waals surface area contributed by atoms with E-state index in [2.05, 4.69) is 12.2 Å². The van der Waals surface area contributed by atoms with Gasteiger partial charge in [-0.2, -0.15) is 0 Å². The number of hydrogen-bond donors (Lipinski definition) is 0. The summed E-state index contributed by atoms with van der Waals surface area (Å²) in [6.07, 6.45) is 5.33. The van der Waals surface area contributed by atoms with Gasteiger partial charge in [0.15, 0.2) is 0 Å². The van der Waals surface area contributed by atoms with Crippen molar-refractivity contribution < 1.29 is 4.79 Å². The molecule has 1 fully saturated rings. The normalized spacial score (nSPS) is 41.2. The van der Waals surface area contributed by atoms with Crippen LogP contribution >= 0.6 is 0 Å². The van der Waals surface area contributed by atoms with Crippen LogP contribution in [0.5, 0.6) is 0 Å². The molecule has 0 aliphatic heterocycles. The molecule has 0 amide bonds. The van der Waals surface area contributed by atoms with E-state index in [1.54, 1.807) is 0 Å². The fraction of sp³-hybridized carbons (Fsp3) is 0.667. The SMILES string of the molecule is CC1(C)C(=O)C2CC=CC21. The van der Waals surface area contributed by atoms with Crippen LogP contribution in [0.3, 0.4) is 0 Å². The zero-order valence-corrected chi connectivity index (χ0v) is 6.42. The van der Waals surface area contributed by atoms with Gasteiger partial charge in [-0.15, -0.1) is 0 Å². The third kappa shape index (κ3) is 0.472. The Morgan fingerprint density at radius 1 is 1.60 bits per heavy atom. The summed E-state index contributed by atoms with van der Waals surface area (Å²) in [6.45, 7) is 4.10. The highest BCUT2D eigenvalue weighted by molar-refractivity contribution is 5.94. The number of allylic oxidation sites excluding steroid dienone is 2. The Morgan fingerprint density at radius 2 is 2.30 bits per heavy atom. The fourth-order valence-corrected chi connectivity index (χ4v) is 2.21. The lowest BCUT2D eigenvalue weighted by Crippen LogP contribution is -2.51. The molecule has 0 aromatic heterocycles. The zero-order valence-electron chi connectivity index (χ0n) is 6.42. The first-order valence-corrected chi connectivity index (χ1v) is 3.85. The molecule has 0 aromatic carbocycles. The molecular formula is C9H12O. The van der Waals surface area contributed by atoms with Crippen molar-refractivity contribution >= 4 is 5.78 Å². The number of carbonyl (C=O) groups is 1. The highest BCUT2D eigenvalue weighted by Crippen LogP contribution is 2.52. The van der Waals surface area contributed by atoms with Crippen LogP contribution in [0.2, 0.25) is 0 Å². The summed E-state index contributed by atoms with van der Waals surface area (Å²) >= 11 is 0. The van der Waals surface area contributed by atoms with Gasteiger partial charge in [0.25, 0.3) is 0 Å². The third-order valence-corrected chi connectivity index (χ3v) is 2.97. The van der Waals surface area contributed by atoms with Gasteiger partial charge in [-0.05, 0) is 12.3 Å². The van der Waals surface area contributed by atoms with Crippen molar-refractivity contribution in [2.75, 3.05) is 0 Å². The van der Waals surface area contributed by atoms with Crippen LogP contribution in [0.25, 0.3) is 0 Å². The van der Waals surface area contributed by atoms with Crippen molar-refractivity contribution in [3.8, 4) is 0 Å². The second-order valence-corrected chi connectivity index (χ2v) is 3.88. The summed E-state index contributed by atoms with van der Waals surface area (Å²) in [5, 5.41) is 0. The van der Waals surface area contributed by atoms with Crippen molar-refractivity contribution in [1.29, 1.82) is 0 Å². The number of rotatable bonds is 0. The van der Waals surface area contributed by atoms with Gasteiger partial charge in [-0.1, -0.05) is 26.0 Å². The average molecular weight is 136 g/mol. The second-order valence-electron chi connectivity index (χ2n) is 3.88. The number of carbonyl (C=O) groups excluding carboxylic acids is 1. The van der Waals surface area contributed by atoms with Crippen molar-refractivity contribution in [3.63, 3.8) is 0 Å². The summed E-state index contributed by atoms with van der Waals surface area (Å²) in [4.78, 5) is 11.3. The molecular weight excluding hydrogens is 124 g/mol. The Kier molecular flexibility index (Phi) is 0.936. The Hall–Kier alpha value is -0.590. The Morgan fingerprint density at radius 3 is 2.90 bits per heavy atom. The van der Waals surface area contributed by atoms with E-state index in [-0.39, 0.29) is 5.41 Å². The maximum Gasteiger partial charge on any atom is 0.143 e.